The number of aromatic nitrogens is 1. The molecule has 0 spiro atoms. The molecule has 0 aromatic carbocycles. The van der Waals surface area contributed by atoms with Gasteiger partial charge in [-0.05, 0) is 38.4 Å². The molecule has 1 atom stereocenters. The molecule has 1 N–H and O–H groups in total. The van der Waals surface area contributed by atoms with Crippen LogP contribution in [0.4, 0.5) is 0 Å². The lowest BCUT2D eigenvalue weighted by molar-refractivity contribution is 0.578. The highest BCUT2D eigenvalue weighted by Gasteiger charge is 2.21. The molecule has 1 unspecified atom stereocenters. The molecule has 1 aliphatic carbocycles. The monoisotopic (exact) mass is 162 g/mol. The maximum absolute atomic E-state index is 4.54. The van der Waals surface area contributed by atoms with Crippen LogP contribution in [0.1, 0.15) is 29.4 Å². The number of nitrogens with one attached hydrogen (secondary N) is 1. The van der Waals surface area contributed by atoms with E-state index in [-0.39, 0.29) is 0 Å². The van der Waals surface area contributed by atoms with Gasteiger partial charge in [0.1, 0.15) is 0 Å². The quantitative estimate of drug-likeness (QED) is 0.678. The van der Waals surface area contributed by atoms with Crippen molar-refractivity contribution in [3.8, 4) is 0 Å². The average molecular weight is 162 g/mol. The van der Waals surface area contributed by atoms with Crippen LogP contribution in [0.3, 0.4) is 0 Å². The van der Waals surface area contributed by atoms with E-state index in [0.717, 1.165) is 5.69 Å². The molecular weight excluding hydrogens is 148 g/mol. The fraction of sp³-hybridized carbons (Fsp3) is 0.500. The molecule has 0 aliphatic heterocycles. The van der Waals surface area contributed by atoms with Crippen LogP contribution in [0.2, 0.25) is 0 Å². The lowest BCUT2D eigenvalue weighted by atomic mass is 10.2. The van der Waals surface area contributed by atoms with E-state index in [1.54, 1.807) is 0 Å². The molecule has 0 saturated carbocycles. The van der Waals surface area contributed by atoms with Crippen LogP contribution in [-0.2, 0) is 6.42 Å². The van der Waals surface area contributed by atoms with Crippen molar-refractivity contribution in [3.63, 3.8) is 0 Å². The van der Waals surface area contributed by atoms with Gasteiger partial charge in [0, 0.05) is 11.7 Å². The van der Waals surface area contributed by atoms with E-state index in [2.05, 4.69) is 22.4 Å². The average Bonchev–Trinajstić information content (AvgIpc) is 2.46. The molecule has 1 aliphatic rings. The zero-order valence-electron chi connectivity index (χ0n) is 7.59. The Kier molecular flexibility index (Phi) is 1.85. The summed E-state index contributed by atoms with van der Waals surface area (Å²) in [7, 11) is 2.00. The van der Waals surface area contributed by atoms with Crippen molar-refractivity contribution in [1.29, 1.82) is 0 Å². The molecular formula is C10H14N2. The molecule has 1 aromatic heterocycles. The van der Waals surface area contributed by atoms with Crippen molar-refractivity contribution in [3.05, 3.63) is 29.1 Å². The van der Waals surface area contributed by atoms with Crippen LogP contribution < -0.4 is 5.32 Å². The van der Waals surface area contributed by atoms with Crippen LogP contribution in [0.5, 0.6) is 0 Å². The molecule has 0 saturated heterocycles. The number of hydrogen-bond acceptors (Lipinski definition) is 2. The molecule has 1 aromatic rings. The van der Waals surface area contributed by atoms with Gasteiger partial charge in [-0.15, -0.1) is 0 Å². The van der Waals surface area contributed by atoms with Gasteiger partial charge in [-0.25, -0.2) is 0 Å². The Labute approximate surface area is 73.0 Å². The Bertz CT molecular complexity index is 294. The van der Waals surface area contributed by atoms with Gasteiger partial charge in [-0.1, -0.05) is 6.07 Å². The summed E-state index contributed by atoms with van der Waals surface area (Å²) < 4.78 is 0. The highest BCUT2D eigenvalue weighted by atomic mass is 14.9. The van der Waals surface area contributed by atoms with Gasteiger partial charge < -0.3 is 5.32 Å². The fourth-order valence-electron chi connectivity index (χ4n) is 1.84. The van der Waals surface area contributed by atoms with E-state index in [4.69, 9.17) is 0 Å². The second-order valence-corrected chi connectivity index (χ2v) is 3.38. The van der Waals surface area contributed by atoms with Crippen LogP contribution in [-0.4, -0.2) is 12.0 Å². The lowest BCUT2D eigenvalue weighted by Gasteiger charge is -2.08. The van der Waals surface area contributed by atoms with Gasteiger partial charge in [-0.2, -0.15) is 0 Å². The van der Waals surface area contributed by atoms with Gasteiger partial charge >= 0.3 is 0 Å². The summed E-state index contributed by atoms with van der Waals surface area (Å²) in [4.78, 5) is 4.54. The highest BCUT2D eigenvalue weighted by Crippen LogP contribution is 2.28. The number of hydrogen-bond donors (Lipinski definition) is 1. The zero-order valence-corrected chi connectivity index (χ0v) is 7.59. The second-order valence-electron chi connectivity index (χ2n) is 3.38. The Hall–Kier alpha value is -0.890. The highest BCUT2D eigenvalue weighted by molar-refractivity contribution is 5.29. The number of aryl methyl sites for hydroxylation is 2. The Balaban J connectivity index is 2.42. The SMILES string of the molecule is CNC1CCc2ccc(C)nc21. The smallest absolute Gasteiger partial charge is 0.0608 e. The third-order valence-corrected chi connectivity index (χ3v) is 2.53. The Morgan fingerprint density at radius 1 is 1.50 bits per heavy atom. The molecule has 2 rings (SSSR count). The lowest BCUT2D eigenvalue weighted by Crippen LogP contribution is -2.14. The first kappa shape index (κ1) is 7.74. The minimum atomic E-state index is 0.486. The number of pyridine rings is 1. The van der Waals surface area contributed by atoms with Gasteiger partial charge in [-0.3, -0.25) is 4.98 Å². The van der Waals surface area contributed by atoms with Crippen molar-refractivity contribution in [1.82, 2.24) is 10.3 Å². The van der Waals surface area contributed by atoms with Crippen LogP contribution in [0.25, 0.3) is 0 Å². The van der Waals surface area contributed by atoms with E-state index < -0.39 is 0 Å². The Morgan fingerprint density at radius 3 is 3.08 bits per heavy atom. The third kappa shape index (κ3) is 1.12. The molecule has 0 fully saturated rings. The predicted octanol–water partition coefficient (Wildman–Crippen LogP) is 1.60. The standard InChI is InChI=1S/C10H14N2/c1-7-3-4-8-5-6-9(11-2)10(8)12-7/h3-4,9,11H,5-6H2,1-2H3. The minimum Gasteiger partial charge on any atom is -0.312 e. The van der Waals surface area contributed by atoms with Crippen molar-refractivity contribution in [2.45, 2.75) is 25.8 Å². The van der Waals surface area contributed by atoms with Crippen LogP contribution in [0, 0.1) is 6.92 Å². The van der Waals surface area contributed by atoms with Crippen molar-refractivity contribution >= 4 is 0 Å². The van der Waals surface area contributed by atoms with E-state index in [0.29, 0.717) is 6.04 Å². The molecule has 12 heavy (non-hydrogen) atoms. The number of rotatable bonds is 1. The van der Waals surface area contributed by atoms with Gasteiger partial charge in [0.15, 0.2) is 0 Å². The summed E-state index contributed by atoms with van der Waals surface area (Å²) in [5, 5.41) is 3.28. The third-order valence-electron chi connectivity index (χ3n) is 2.53. The van der Waals surface area contributed by atoms with Gasteiger partial charge in [0.2, 0.25) is 0 Å². The van der Waals surface area contributed by atoms with E-state index >= 15 is 0 Å². The molecule has 1 heterocycles. The topological polar surface area (TPSA) is 24.9 Å². The van der Waals surface area contributed by atoms with Crippen LogP contribution >= 0.6 is 0 Å². The van der Waals surface area contributed by atoms with Gasteiger partial charge in [0.05, 0.1) is 5.69 Å². The summed E-state index contributed by atoms with van der Waals surface area (Å²) in [5.41, 5.74) is 3.80. The normalized spacial score (nSPS) is 21.0. The molecule has 0 radical (unpaired) electrons. The molecule has 0 bridgehead atoms. The summed E-state index contributed by atoms with van der Waals surface area (Å²) in [6, 6.07) is 4.78. The second kappa shape index (κ2) is 2.87. The maximum Gasteiger partial charge on any atom is 0.0608 e. The summed E-state index contributed by atoms with van der Waals surface area (Å²) in [5.74, 6) is 0. The van der Waals surface area contributed by atoms with Crippen molar-refractivity contribution in [2.75, 3.05) is 7.05 Å². The first-order chi connectivity index (χ1) is 5.81. The predicted molar refractivity (Wildman–Crippen MR) is 49.1 cm³/mol. The summed E-state index contributed by atoms with van der Waals surface area (Å²) >= 11 is 0. The summed E-state index contributed by atoms with van der Waals surface area (Å²) in [6.07, 6.45) is 2.37. The Morgan fingerprint density at radius 2 is 2.33 bits per heavy atom. The van der Waals surface area contributed by atoms with E-state index in [9.17, 15) is 0 Å². The van der Waals surface area contributed by atoms with Gasteiger partial charge in [0.25, 0.3) is 0 Å². The van der Waals surface area contributed by atoms with E-state index in [1.807, 2.05) is 14.0 Å². The fourth-order valence-corrected chi connectivity index (χ4v) is 1.84. The van der Waals surface area contributed by atoms with E-state index in [1.165, 1.54) is 24.1 Å². The molecule has 2 heteroatoms. The molecule has 2 nitrogen and oxygen atoms in total. The minimum absolute atomic E-state index is 0.486. The largest absolute Gasteiger partial charge is 0.312 e. The van der Waals surface area contributed by atoms with Crippen molar-refractivity contribution in [2.24, 2.45) is 0 Å². The first-order valence-corrected chi connectivity index (χ1v) is 4.45. The molecule has 64 valence electrons. The number of nitrogens with zero attached hydrogens (tertiary/aromatic N) is 1. The molecule has 0 amide bonds. The summed E-state index contributed by atoms with van der Waals surface area (Å²) in [6.45, 7) is 2.05. The first-order valence-electron chi connectivity index (χ1n) is 4.45. The zero-order chi connectivity index (χ0) is 8.55. The number of fused-ring (bicyclic) bond motifs is 1. The van der Waals surface area contributed by atoms with Crippen LogP contribution in [0.15, 0.2) is 12.1 Å². The van der Waals surface area contributed by atoms with Crippen molar-refractivity contribution < 1.29 is 0 Å². The maximum atomic E-state index is 4.54.